The zero-order valence-electron chi connectivity index (χ0n) is 8.90. The molecule has 1 fully saturated rings. The topological polar surface area (TPSA) is 30.3 Å². The Morgan fingerprint density at radius 2 is 2.40 bits per heavy atom. The van der Waals surface area contributed by atoms with E-state index >= 15 is 0 Å². The summed E-state index contributed by atoms with van der Waals surface area (Å²) in [4.78, 5) is 2.41. The molecule has 4 nitrogen and oxygen atoms in total. The predicted molar refractivity (Wildman–Crippen MR) is 61.7 cm³/mol. The first-order valence-corrected chi connectivity index (χ1v) is 5.96. The van der Waals surface area contributed by atoms with Gasteiger partial charge in [0.2, 0.25) is 0 Å². The molecule has 0 unspecified atom stereocenters. The van der Waals surface area contributed by atoms with Gasteiger partial charge in [-0.3, -0.25) is 4.68 Å². The van der Waals surface area contributed by atoms with Crippen LogP contribution in [0.1, 0.15) is 0 Å². The average Bonchev–Trinajstić information content (AvgIpc) is 2.55. The molecule has 1 aliphatic rings. The number of aromatic nitrogens is 2. The fourth-order valence-corrected chi connectivity index (χ4v) is 2.23. The third-order valence-electron chi connectivity index (χ3n) is 2.69. The third kappa shape index (κ3) is 3.03. The van der Waals surface area contributed by atoms with Crippen molar-refractivity contribution in [2.45, 2.75) is 6.54 Å². The monoisotopic (exact) mass is 273 g/mol. The summed E-state index contributed by atoms with van der Waals surface area (Å²) in [6.45, 7) is 5.24. The summed E-state index contributed by atoms with van der Waals surface area (Å²) in [5, 5.41) is 4.25. The van der Waals surface area contributed by atoms with Crippen LogP contribution in [-0.4, -0.2) is 48.0 Å². The summed E-state index contributed by atoms with van der Waals surface area (Å²) in [5.74, 6) is 0.744. The lowest BCUT2D eigenvalue weighted by Gasteiger charge is -2.39. The highest BCUT2D eigenvalue weighted by Gasteiger charge is 2.26. The number of halogens is 1. The van der Waals surface area contributed by atoms with Gasteiger partial charge in [0.05, 0.1) is 17.3 Å². The predicted octanol–water partition coefficient (Wildman–Crippen LogP) is 1.22. The summed E-state index contributed by atoms with van der Waals surface area (Å²) < 4.78 is 8.10. The van der Waals surface area contributed by atoms with Gasteiger partial charge in [-0.2, -0.15) is 5.10 Å². The zero-order valence-corrected chi connectivity index (χ0v) is 10.5. The van der Waals surface area contributed by atoms with Crippen molar-refractivity contribution in [2.24, 2.45) is 5.92 Å². The maximum Gasteiger partial charge on any atom is 0.0632 e. The molecule has 0 bridgehead atoms. The Labute approximate surface area is 98.3 Å². The Balaban J connectivity index is 1.67. The first-order valence-electron chi connectivity index (χ1n) is 5.17. The molecular weight excluding hydrogens is 258 g/mol. The van der Waals surface area contributed by atoms with Gasteiger partial charge in [-0.1, -0.05) is 0 Å². The maximum absolute atomic E-state index is 5.04. The number of nitrogens with zero attached hydrogens (tertiary/aromatic N) is 3. The van der Waals surface area contributed by atoms with Gasteiger partial charge in [-0.05, 0) is 15.9 Å². The quantitative estimate of drug-likeness (QED) is 0.809. The SMILES string of the molecule is COCCN1CC(Cn2cc(Br)cn2)C1. The van der Waals surface area contributed by atoms with Gasteiger partial charge in [-0.15, -0.1) is 0 Å². The van der Waals surface area contributed by atoms with E-state index in [2.05, 4.69) is 25.9 Å². The highest BCUT2D eigenvalue weighted by atomic mass is 79.9. The summed E-state index contributed by atoms with van der Waals surface area (Å²) in [7, 11) is 1.75. The Morgan fingerprint density at radius 3 is 3.00 bits per heavy atom. The van der Waals surface area contributed by atoms with Gasteiger partial charge in [-0.25, -0.2) is 0 Å². The van der Waals surface area contributed by atoms with Gasteiger partial charge >= 0.3 is 0 Å². The van der Waals surface area contributed by atoms with Crippen LogP contribution in [0.3, 0.4) is 0 Å². The molecule has 1 aromatic rings. The summed E-state index contributed by atoms with van der Waals surface area (Å²) in [5.41, 5.74) is 0. The highest BCUT2D eigenvalue weighted by molar-refractivity contribution is 9.10. The van der Waals surface area contributed by atoms with E-state index in [0.717, 1.165) is 30.1 Å². The molecule has 1 aromatic heterocycles. The van der Waals surface area contributed by atoms with E-state index in [9.17, 15) is 0 Å². The Hall–Kier alpha value is -0.390. The molecule has 1 saturated heterocycles. The first-order chi connectivity index (χ1) is 7.28. The van der Waals surface area contributed by atoms with Crippen LogP contribution >= 0.6 is 15.9 Å². The summed E-state index contributed by atoms with van der Waals surface area (Å²) in [6.07, 6.45) is 3.86. The van der Waals surface area contributed by atoms with Crippen molar-refractivity contribution in [3.63, 3.8) is 0 Å². The molecule has 1 aliphatic heterocycles. The van der Waals surface area contributed by atoms with Crippen molar-refractivity contribution < 1.29 is 4.74 Å². The van der Waals surface area contributed by atoms with E-state index < -0.39 is 0 Å². The standard InChI is InChI=1S/C10H16BrN3O/c1-15-3-2-13-5-9(6-13)7-14-8-10(11)4-12-14/h4,8-9H,2-3,5-7H2,1H3. The smallest absolute Gasteiger partial charge is 0.0632 e. The van der Waals surface area contributed by atoms with E-state index in [1.165, 1.54) is 13.1 Å². The van der Waals surface area contributed by atoms with E-state index in [4.69, 9.17) is 4.74 Å². The molecule has 15 heavy (non-hydrogen) atoms. The minimum atomic E-state index is 0.744. The van der Waals surface area contributed by atoms with Crippen molar-refractivity contribution in [1.82, 2.24) is 14.7 Å². The number of rotatable bonds is 5. The Bertz CT molecular complexity index is 309. The number of methoxy groups -OCH3 is 1. The van der Waals surface area contributed by atoms with Gasteiger partial charge in [0.1, 0.15) is 0 Å². The minimum Gasteiger partial charge on any atom is -0.383 e. The van der Waals surface area contributed by atoms with Gasteiger partial charge in [0.15, 0.2) is 0 Å². The molecule has 2 rings (SSSR count). The lowest BCUT2D eigenvalue weighted by Crippen LogP contribution is -2.49. The molecule has 0 radical (unpaired) electrons. The lowest BCUT2D eigenvalue weighted by molar-refractivity contribution is 0.0548. The third-order valence-corrected chi connectivity index (χ3v) is 3.10. The lowest BCUT2D eigenvalue weighted by atomic mass is 10.0. The second kappa shape index (κ2) is 5.09. The molecule has 0 atom stereocenters. The molecule has 0 amide bonds. The molecule has 0 aliphatic carbocycles. The van der Waals surface area contributed by atoms with Crippen LogP contribution in [0.25, 0.3) is 0 Å². The van der Waals surface area contributed by atoms with Crippen molar-refractivity contribution in [3.8, 4) is 0 Å². The number of hydrogen-bond acceptors (Lipinski definition) is 3. The van der Waals surface area contributed by atoms with Gasteiger partial charge in [0, 0.05) is 45.4 Å². The van der Waals surface area contributed by atoms with Crippen LogP contribution < -0.4 is 0 Å². The van der Waals surface area contributed by atoms with Gasteiger partial charge in [0.25, 0.3) is 0 Å². The minimum absolute atomic E-state index is 0.744. The van der Waals surface area contributed by atoms with Crippen LogP contribution in [0.5, 0.6) is 0 Å². The van der Waals surface area contributed by atoms with Crippen molar-refractivity contribution >= 4 is 15.9 Å². The fraction of sp³-hybridized carbons (Fsp3) is 0.700. The molecule has 0 spiro atoms. The molecule has 2 heterocycles. The maximum atomic E-state index is 5.04. The number of ether oxygens (including phenoxy) is 1. The van der Waals surface area contributed by atoms with Crippen LogP contribution in [0.4, 0.5) is 0 Å². The second-order valence-corrected chi connectivity index (χ2v) is 4.91. The number of likely N-dealkylation sites (tertiary alicyclic amines) is 1. The summed E-state index contributed by atoms with van der Waals surface area (Å²) in [6, 6.07) is 0. The van der Waals surface area contributed by atoms with Crippen LogP contribution in [0, 0.1) is 5.92 Å². The Kier molecular flexibility index (Phi) is 3.77. The normalized spacial score (nSPS) is 18.0. The largest absolute Gasteiger partial charge is 0.383 e. The second-order valence-electron chi connectivity index (χ2n) is 4.00. The molecule has 5 heteroatoms. The van der Waals surface area contributed by atoms with Crippen molar-refractivity contribution in [2.75, 3.05) is 33.4 Å². The molecule has 0 N–H and O–H groups in total. The Morgan fingerprint density at radius 1 is 1.60 bits per heavy atom. The average molecular weight is 274 g/mol. The zero-order chi connectivity index (χ0) is 10.7. The molecule has 0 saturated carbocycles. The van der Waals surface area contributed by atoms with Crippen LogP contribution in [-0.2, 0) is 11.3 Å². The molecular formula is C10H16BrN3O. The van der Waals surface area contributed by atoms with E-state index in [0.29, 0.717) is 0 Å². The fourth-order valence-electron chi connectivity index (χ4n) is 1.90. The summed E-state index contributed by atoms with van der Waals surface area (Å²) >= 11 is 3.40. The van der Waals surface area contributed by atoms with E-state index in [-0.39, 0.29) is 0 Å². The van der Waals surface area contributed by atoms with Crippen molar-refractivity contribution in [1.29, 1.82) is 0 Å². The van der Waals surface area contributed by atoms with E-state index in [1.807, 2.05) is 17.1 Å². The van der Waals surface area contributed by atoms with E-state index in [1.54, 1.807) is 7.11 Å². The van der Waals surface area contributed by atoms with Gasteiger partial charge < -0.3 is 9.64 Å². The molecule has 84 valence electrons. The van der Waals surface area contributed by atoms with Crippen molar-refractivity contribution in [3.05, 3.63) is 16.9 Å². The highest BCUT2D eigenvalue weighted by Crippen LogP contribution is 2.17. The first kappa shape index (κ1) is 11.1. The molecule has 0 aromatic carbocycles. The van der Waals surface area contributed by atoms with Crippen LogP contribution in [0.2, 0.25) is 0 Å². The van der Waals surface area contributed by atoms with Crippen LogP contribution in [0.15, 0.2) is 16.9 Å². The number of hydrogen-bond donors (Lipinski definition) is 0.